The summed E-state index contributed by atoms with van der Waals surface area (Å²) in [7, 11) is 0. The largest absolute Gasteiger partial charge is 0.352 e. The molecule has 0 aliphatic heterocycles. The van der Waals surface area contributed by atoms with Crippen molar-refractivity contribution in [2.24, 2.45) is 5.73 Å². The Balaban J connectivity index is 3.81. The van der Waals surface area contributed by atoms with E-state index in [1.165, 1.54) is 0 Å². The van der Waals surface area contributed by atoms with Gasteiger partial charge in [-0.05, 0) is 13.3 Å². The minimum absolute atomic E-state index is 0.0166. The first kappa shape index (κ1) is 12.0. The number of hydrogen-bond acceptors (Lipinski definition) is 2. The highest BCUT2D eigenvalue weighted by molar-refractivity contribution is 5.76. The van der Waals surface area contributed by atoms with E-state index in [1.54, 1.807) is 0 Å². The van der Waals surface area contributed by atoms with E-state index in [4.69, 9.17) is 12.2 Å². The molecule has 0 aromatic heterocycles. The summed E-state index contributed by atoms with van der Waals surface area (Å²) in [6.45, 7) is 3.80. The fraction of sp³-hybridized carbons (Fsp3) is 0.700. The molecule has 0 saturated heterocycles. The van der Waals surface area contributed by atoms with Gasteiger partial charge in [-0.25, -0.2) is 0 Å². The van der Waals surface area contributed by atoms with Gasteiger partial charge in [0.15, 0.2) is 0 Å². The fourth-order valence-corrected chi connectivity index (χ4v) is 1.02. The zero-order chi connectivity index (χ0) is 10.3. The van der Waals surface area contributed by atoms with Crippen LogP contribution in [0, 0.1) is 12.3 Å². The average Bonchev–Trinajstić information content (AvgIpc) is 2.02. The van der Waals surface area contributed by atoms with Crippen molar-refractivity contribution < 1.29 is 4.79 Å². The Labute approximate surface area is 80.1 Å². The molecular weight excluding hydrogens is 164 g/mol. The van der Waals surface area contributed by atoms with E-state index in [2.05, 4.69) is 11.2 Å². The molecule has 0 heterocycles. The minimum Gasteiger partial charge on any atom is -0.352 e. The Bertz CT molecular complexity index is 194. The number of nitrogens with two attached hydrogens (primary N) is 1. The predicted octanol–water partition coefficient (Wildman–Crippen LogP) is 0.642. The molecule has 0 aromatic carbocycles. The zero-order valence-electron chi connectivity index (χ0n) is 8.34. The Kier molecular flexibility index (Phi) is 5.99. The Hall–Kier alpha value is -1.01. The van der Waals surface area contributed by atoms with Crippen LogP contribution in [0.3, 0.4) is 0 Å². The normalized spacial score (nSPS) is 14.3. The topological polar surface area (TPSA) is 55.1 Å². The summed E-state index contributed by atoms with van der Waals surface area (Å²) in [5.41, 5.74) is 5.48. The van der Waals surface area contributed by atoms with Crippen molar-refractivity contribution in [1.29, 1.82) is 0 Å². The van der Waals surface area contributed by atoms with E-state index in [9.17, 15) is 4.79 Å². The summed E-state index contributed by atoms with van der Waals surface area (Å²) in [4.78, 5) is 11.2. The number of carbonyl (C=O) groups is 1. The lowest BCUT2D eigenvalue weighted by atomic mass is 10.1. The van der Waals surface area contributed by atoms with Gasteiger partial charge in [0.05, 0.1) is 0 Å². The molecule has 0 aromatic rings. The molecule has 0 bridgehead atoms. The van der Waals surface area contributed by atoms with E-state index in [-0.39, 0.29) is 18.0 Å². The summed E-state index contributed by atoms with van der Waals surface area (Å²) < 4.78 is 0. The van der Waals surface area contributed by atoms with Crippen molar-refractivity contribution >= 4 is 5.91 Å². The summed E-state index contributed by atoms with van der Waals surface area (Å²) >= 11 is 0. The van der Waals surface area contributed by atoms with Gasteiger partial charge >= 0.3 is 0 Å². The summed E-state index contributed by atoms with van der Waals surface area (Å²) in [5.74, 6) is 2.51. The highest BCUT2D eigenvalue weighted by Gasteiger charge is 2.10. The molecule has 1 amide bonds. The third kappa shape index (κ3) is 6.18. The number of hydrogen-bond donors (Lipinski definition) is 2. The summed E-state index contributed by atoms with van der Waals surface area (Å²) in [6.07, 6.45) is 6.96. The van der Waals surface area contributed by atoms with Crippen molar-refractivity contribution in [3.63, 3.8) is 0 Å². The number of carbonyl (C=O) groups excluding carboxylic acids is 1. The predicted molar refractivity (Wildman–Crippen MR) is 53.9 cm³/mol. The zero-order valence-corrected chi connectivity index (χ0v) is 8.34. The molecule has 3 heteroatoms. The van der Waals surface area contributed by atoms with Gasteiger partial charge < -0.3 is 11.1 Å². The van der Waals surface area contributed by atoms with Gasteiger partial charge in [-0.2, -0.15) is 0 Å². The van der Waals surface area contributed by atoms with Crippen molar-refractivity contribution in [1.82, 2.24) is 5.32 Å². The number of nitrogens with one attached hydrogen (secondary N) is 1. The molecule has 3 N–H and O–H groups in total. The first-order valence-corrected chi connectivity index (χ1v) is 4.58. The number of amides is 1. The third-order valence-corrected chi connectivity index (χ3v) is 1.73. The maximum absolute atomic E-state index is 11.2. The van der Waals surface area contributed by atoms with Crippen molar-refractivity contribution in [3.8, 4) is 12.3 Å². The van der Waals surface area contributed by atoms with Crippen LogP contribution in [0.1, 0.15) is 33.1 Å². The molecule has 74 valence electrons. The molecule has 0 rings (SSSR count). The molecule has 0 fully saturated rings. The van der Waals surface area contributed by atoms with Crippen molar-refractivity contribution in [3.05, 3.63) is 0 Å². The maximum Gasteiger partial charge on any atom is 0.221 e. The molecule has 0 saturated carbocycles. The SMILES string of the molecule is C#CCC(CC)NC(=O)CC(C)N. The highest BCUT2D eigenvalue weighted by atomic mass is 16.1. The van der Waals surface area contributed by atoms with Crippen LogP contribution in [-0.2, 0) is 4.79 Å². The van der Waals surface area contributed by atoms with Gasteiger partial charge in [-0.1, -0.05) is 6.92 Å². The second-order valence-electron chi connectivity index (χ2n) is 3.26. The molecule has 13 heavy (non-hydrogen) atoms. The summed E-state index contributed by atoms with van der Waals surface area (Å²) in [6, 6.07) is -0.000378. The fourth-order valence-electron chi connectivity index (χ4n) is 1.02. The Morgan fingerprint density at radius 2 is 2.31 bits per heavy atom. The molecule has 2 unspecified atom stereocenters. The lowest BCUT2D eigenvalue weighted by molar-refractivity contribution is -0.122. The molecule has 0 radical (unpaired) electrons. The maximum atomic E-state index is 11.2. The van der Waals surface area contributed by atoms with Gasteiger partial charge in [0.25, 0.3) is 0 Å². The lowest BCUT2D eigenvalue weighted by Crippen LogP contribution is -2.37. The van der Waals surface area contributed by atoms with Gasteiger partial charge in [0.2, 0.25) is 5.91 Å². The first-order chi connectivity index (χ1) is 6.10. The standard InChI is InChI=1S/C10H18N2O/c1-4-6-9(5-2)12-10(13)7-8(3)11/h1,8-9H,5-7,11H2,2-3H3,(H,12,13). The number of terminal acetylenes is 1. The second-order valence-corrected chi connectivity index (χ2v) is 3.26. The molecule has 0 aliphatic rings. The van der Waals surface area contributed by atoms with Crippen LogP contribution in [0.15, 0.2) is 0 Å². The number of rotatable bonds is 5. The van der Waals surface area contributed by atoms with Gasteiger partial charge in [-0.3, -0.25) is 4.79 Å². The van der Waals surface area contributed by atoms with Crippen LogP contribution in [0.25, 0.3) is 0 Å². The van der Waals surface area contributed by atoms with Gasteiger partial charge in [-0.15, -0.1) is 12.3 Å². The van der Waals surface area contributed by atoms with Crippen LogP contribution in [0.4, 0.5) is 0 Å². The quantitative estimate of drug-likeness (QED) is 0.613. The van der Waals surface area contributed by atoms with Crippen molar-refractivity contribution in [2.75, 3.05) is 0 Å². The smallest absolute Gasteiger partial charge is 0.221 e. The van der Waals surface area contributed by atoms with Crippen molar-refractivity contribution in [2.45, 2.75) is 45.2 Å². The van der Waals surface area contributed by atoms with Crippen LogP contribution in [0.5, 0.6) is 0 Å². The Morgan fingerprint density at radius 1 is 1.69 bits per heavy atom. The molecule has 0 aliphatic carbocycles. The van der Waals surface area contributed by atoms with Crippen LogP contribution >= 0.6 is 0 Å². The first-order valence-electron chi connectivity index (χ1n) is 4.58. The van der Waals surface area contributed by atoms with E-state index >= 15 is 0 Å². The Morgan fingerprint density at radius 3 is 2.69 bits per heavy atom. The molecule has 0 spiro atoms. The molecule has 2 atom stereocenters. The second kappa shape index (κ2) is 6.50. The summed E-state index contributed by atoms with van der Waals surface area (Å²) in [5, 5.41) is 2.84. The van der Waals surface area contributed by atoms with Crippen LogP contribution < -0.4 is 11.1 Å². The van der Waals surface area contributed by atoms with Crippen LogP contribution in [0.2, 0.25) is 0 Å². The van der Waals surface area contributed by atoms with Crippen LogP contribution in [-0.4, -0.2) is 18.0 Å². The molecular formula is C10H18N2O. The van der Waals surface area contributed by atoms with E-state index < -0.39 is 0 Å². The molecule has 3 nitrogen and oxygen atoms in total. The third-order valence-electron chi connectivity index (χ3n) is 1.73. The van der Waals surface area contributed by atoms with Gasteiger partial charge in [0.1, 0.15) is 0 Å². The minimum atomic E-state index is -0.0941. The van der Waals surface area contributed by atoms with Gasteiger partial charge in [0, 0.05) is 24.9 Å². The van der Waals surface area contributed by atoms with E-state index in [0.29, 0.717) is 12.8 Å². The van der Waals surface area contributed by atoms with E-state index in [0.717, 1.165) is 6.42 Å². The van der Waals surface area contributed by atoms with E-state index in [1.807, 2.05) is 13.8 Å². The highest BCUT2D eigenvalue weighted by Crippen LogP contribution is 1.97. The lowest BCUT2D eigenvalue weighted by Gasteiger charge is -2.14. The average molecular weight is 182 g/mol. The monoisotopic (exact) mass is 182 g/mol.